The second kappa shape index (κ2) is 8.19. The molecule has 6 nitrogen and oxygen atoms in total. The first kappa shape index (κ1) is 19.5. The fourth-order valence-corrected chi connectivity index (χ4v) is 4.10. The Morgan fingerprint density at radius 2 is 1.89 bits per heavy atom. The Hall–Kier alpha value is -2.25. The van der Waals surface area contributed by atoms with Gasteiger partial charge in [0.1, 0.15) is 11.3 Å². The van der Waals surface area contributed by atoms with Gasteiger partial charge in [-0.2, -0.15) is 0 Å². The zero-order chi connectivity index (χ0) is 19.4. The van der Waals surface area contributed by atoms with Crippen LogP contribution in [0.25, 0.3) is 11.2 Å². The molecule has 0 radical (unpaired) electrons. The lowest BCUT2D eigenvalue weighted by Gasteiger charge is -2.10. The van der Waals surface area contributed by atoms with E-state index in [4.69, 9.17) is 0 Å². The van der Waals surface area contributed by atoms with Crippen LogP contribution in [-0.4, -0.2) is 23.0 Å². The van der Waals surface area contributed by atoms with E-state index in [1.165, 1.54) is 0 Å². The summed E-state index contributed by atoms with van der Waals surface area (Å²) in [6.45, 7) is 7.23. The normalized spacial score (nSPS) is 12.1. The van der Waals surface area contributed by atoms with Gasteiger partial charge < -0.3 is 4.57 Å². The maximum Gasteiger partial charge on any atom is 0.240 e. The van der Waals surface area contributed by atoms with Crippen molar-refractivity contribution in [3.63, 3.8) is 0 Å². The summed E-state index contributed by atoms with van der Waals surface area (Å²) >= 11 is 0. The Balaban J connectivity index is 1.79. The molecule has 0 spiro atoms. The number of pyridine rings is 1. The molecular weight excluding hydrogens is 360 g/mol. The van der Waals surface area contributed by atoms with E-state index >= 15 is 0 Å². The summed E-state index contributed by atoms with van der Waals surface area (Å²) < 4.78 is 30.0. The van der Waals surface area contributed by atoms with Gasteiger partial charge in [0.2, 0.25) is 10.0 Å². The van der Waals surface area contributed by atoms with Crippen molar-refractivity contribution in [1.82, 2.24) is 19.3 Å². The summed E-state index contributed by atoms with van der Waals surface area (Å²) in [6.07, 6.45) is 3.57. The first-order valence-electron chi connectivity index (χ1n) is 9.29. The molecular formula is C20H26N4O2S. The fourth-order valence-electron chi connectivity index (χ4n) is 3.12. The SMILES string of the molecule is CCCn1c(CNS(=O)(=O)c2ccc(CC(C)C)cc2)nc2cccnc21. The van der Waals surface area contributed by atoms with Gasteiger partial charge in [0.25, 0.3) is 0 Å². The van der Waals surface area contributed by atoms with E-state index < -0.39 is 10.0 Å². The van der Waals surface area contributed by atoms with Gasteiger partial charge in [-0.05, 0) is 48.6 Å². The predicted octanol–water partition coefficient (Wildman–Crippen LogP) is 3.52. The predicted molar refractivity (Wildman–Crippen MR) is 107 cm³/mol. The molecule has 27 heavy (non-hydrogen) atoms. The Labute approximate surface area is 160 Å². The monoisotopic (exact) mass is 386 g/mol. The number of aryl methyl sites for hydroxylation is 1. The number of rotatable bonds is 8. The zero-order valence-electron chi connectivity index (χ0n) is 16.0. The highest BCUT2D eigenvalue weighted by molar-refractivity contribution is 7.89. The van der Waals surface area contributed by atoms with Crippen molar-refractivity contribution >= 4 is 21.2 Å². The summed E-state index contributed by atoms with van der Waals surface area (Å²) in [4.78, 5) is 9.20. The van der Waals surface area contributed by atoms with Crippen molar-refractivity contribution in [2.75, 3.05) is 0 Å². The van der Waals surface area contributed by atoms with Gasteiger partial charge in [0.05, 0.1) is 11.4 Å². The average molecular weight is 387 g/mol. The molecule has 1 N–H and O–H groups in total. The number of hydrogen-bond donors (Lipinski definition) is 1. The van der Waals surface area contributed by atoms with Gasteiger partial charge in [-0.3, -0.25) is 0 Å². The third-order valence-corrected chi connectivity index (χ3v) is 5.75. The minimum atomic E-state index is -3.60. The van der Waals surface area contributed by atoms with E-state index in [2.05, 4.69) is 35.5 Å². The third-order valence-electron chi connectivity index (χ3n) is 4.33. The molecule has 2 aromatic heterocycles. The molecule has 0 saturated carbocycles. The van der Waals surface area contributed by atoms with Gasteiger partial charge in [-0.1, -0.05) is 32.9 Å². The lowest BCUT2D eigenvalue weighted by molar-refractivity contribution is 0.573. The fraction of sp³-hybridized carbons (Fsp3) is 0.400. The van der Waals surface area contributed by atoms with Crippen molar-refractivity contribution in [3.05, 3.63) is 54.0 Å². The van der Waals surface area contributed by atoms with Crippen LogP contribution in [0.3, 0.4) is 0 Å². The second-order valence-electron chi connectivity index (χ2n) is 7.09. The van der Waals surface area contributed by atoms with Crippen molar-refractivity contribution in [2.45, 2.75) is 51.6 Å². The van der Waals surface area contributed by atoms with Crippen LogP contribution < -0.4 is 4.72 Å². The lowest BCUT2D eigenvalue weighted by atomic mass is 10.0. The Kier molecular flexibility index (Phi) is 5.92. The molecule has 1 aromatic carbocycles. The first-order chi connectivity index (χ1) is 12.9. The van der Waals surface area contributed by atoms with Gasteiger partial charge >= 0.3 is 0 Å². The minimum Gasteiger partial charge on any atom is -0.312 e. The summed E-state index contributed by atoms with van der Waals surface area (Å²) in [6, 6.07) is 10.8. The van der Waals surface area contributed by atoms with Crippen LogP contribution in [0.15, 0.2) is 47.5 Å². The maximum atomic E-state index is 12.7. The molecule has 3 rings (SSSR count). The number of fused-ring (bicyclic) bond motifs is 1. The molecule has 144 valence electrons. The van der Waals surface area contributed by atoms with E-state index in [1.54, 1.807) is 18.3 Å². The van der Waals surface area contributed by atoms with Crippen molar-refractivity contribution in [3.8, 4) is 0 Å². The highest BCUT2D eigenvalue weighted by Gasteiger charge is 2.17. The Bertz CT molecular complexity index is 1010. The third kappa shape index (κ3) is 4.54. The average Bonchev–Trinajstić information content (AvgIpc) is 2.98. The molecule has 2 heterocycles. The van der Waals surface area contributed by atoms with Crippen LogP contribution in [-0.2, 0) is 29.5 Å². The van der Waals surface area contributed by atoms with Crippen LogP contribution >= 0.6 is 0 Å². The lowest BCUT2D eigenvalue weighted by Crippen LogP contribution is -2.25. The molecule has 0 aliphatic carbocycles. The second-order valence-corrected chi connectivity index (χ2v) is 8.86. The van der Waals surface area contributed by atoms with Crippen molar-refractivity contribution < 1.29 is 8.42 Å². The summed E-state index contributed by atoms with van der Waals surface area (Å²) in [5, 5.41) is 0. The smallest absolute Gasteiger partial charge is 0.240 e. The number of imidazole rings is 1. The number of sulfonamides is 1. The maximum absolute atomic E-state index is 12.7. The molecule has 0 amide bonds. The van der Waals surface area contributed by atoms with Crippen LogP contribution in [0.5, 0.6) is 0 Å². The molecule has 0 aliphatic rings. The molecule has 3 aromatic rings. The molecule has 0 aliphatic heterocycles. The van der Waals surface area contributed by atoms with Gasteiger partial charge in [0, 0.05) is 12.7 Å². The molecule has 7 heteroatoms. The van der Waals surface area contributed by atoms with Crippen molar-refractivity contribution in [1.29, 1.82) is 0 Å². The molecule has 0 unspecified atom stereocenters. The van der Waals surface area contributed by atoms with Crippen LogP contribution in [0.4, 0.5) is 0 Å². The number of hydrogen-bond acceptors (Lipinski definition) is 4. The number of aromatic nitrogens is 3. The molecule has 0 bridgehead atoms. The minimum absolute atomic E-state index is 0.131. The standard InChI is InChI=1S/C20H26N4O2S/c1-4-12-24-19(23-18-6-5-11-21-20(18)24)14-22-27(25,26)17-9-7-16(8-10-17)13-15(2)3/h5-11,15,22H,4,12-14H2,1-3H3. The van der Waals surface area contributed by atoms with Crippen LogP contribution in [0.2, 0.25) is 0 Å². The summed E-state index contributed by atoms with van der Waals surface area (Å²) in [7, 11) is -3.60. The molecule has 0 saturated heterocycles. The highest BCUT2D eigenvalue weighted by Crippen LogP contribution is 2.16. The largest absolute Gasteiger partial charge is 0.312 e. The number of nitrogens with zero attached hydrogens (tertiary/aromatic N) is 3. The van der Waals surface area contributed by atoms with Crippen molar-refractivity contribution in [2.24, 2.45) is 5.92 Å². The van der Waals surface area contributed by atoms with Crippen LogP contribution in [0.1, 0.15) is 38.6 Å². The van der Waals surface area contributed by atoms with E-state index in [0.29, 0.717) is 11.7 Å². The van der Waals surface area contributed by atoms with E-state index in [0.717, 1.165) is 36.1 Å². The summed E-state index contributed by atoms with van der Waals surface area (Å²) in [5.74, 6) is 1.20. The van der Waals surface area contributed by atoms with E-state index in [1.807, 2.05) is 28.8 Å². The number of nitrogens with one attached hydrogen (secondary N) is 1. The molecule has 0 fully saturated rings. The van der Waals surface area contributed by atoms with Crippen LogP contribution in [0, 0.1) is 5.92 Å². The zero-order valence-corrected chi connectivity index (χ0v) is 16.8. The first-order valence-corrected chi connectivity index (χ1v) is 10.8. The molecule has 0 atom stereocenters. The number of benzene rings is 1. The summed E-state index contributed by atoms with van der Waals surface area (Å²) in [5.41, 5.74) is 2.70. The topological polar surface area (TPSA) is 76.9 Å². The highest BCUT2D eigenvalue weighted by atomic mass is 32.2. The van der Waals surface area contributed by atoms with Gasteiger partial charge in [-0.25, -0.2) is 23.1 Å². The van der Waals surface area contributed by atoms with Gasteiger partial charge in [-0.15, -0.1) is 0 Å². The van der Waals surface area contributed by atoms with Gasteiger partial charge in [0.15, 0.2) is 5.65 Å². The Morgan fingerprint density at radius 3 is 2.56 bits per heavy atom. The quantitative estimate of drug-likeness (QED) is 0.643. The van der Waals surface area contributed by atoms with E-state index in [9.17, 15) is 8.42 Å². The Morgan fingerprint density at radius 1 is 1.15 bits per heavy atom. The van der Waals surface area contributed by atoms with E-state index in [-0.39, 0.29) is 11.4 Å².